The second-order valence-electron chi connectivity index (χ2n) is 3.38. The number of methoxy groups -OCH3 is 2. The summed E-state index contributed by atoms with van der Waals surface area (Å²) in [5.41, 5.74) is 0.0451. The van der Waals surface area contributed by atoms with Crippen molar-refractivity contribution < 1.29 is 32.2 Å². The number of ether oxygens (including phenoxy) is 3. The topological polar surface area (TPSA) is 44.8 Å². The van der Waals surface area contributed by atoms with E-state index in [0.29, 0.717) is 0 Å². The maximum Gasteiger partial charge on any atom is 0.422 e. The maximum atomic E-state index is 12.1. The van der Waals surface area contributed by atoms with Crippen molar-refractivity contribution in [2.75, 3.05) is 20.8 Å². The van der Waals surface area contributed by atoms with E-state index in [1.807, 2.05) is 0 Å². The molecule has 1 rings (SSSR count). The Balaban J connectivity index is 3.08. The summed E-state index contributed by atoms with van der Waals surface area (Å²) in [5, 5.41) is -0.177. The monoisotopic (exact) mass is 298 g/mol. The standard InChI is InChI=1S/C11H10ClF3O4/c1-17-8-4-6(10(16)18-2)3-7(12)9(8)19-5-11(13,14)15/h3-4H,5H2,1-2H3. The van der Waals surface area contributed by atoms with E-state index in [0.717, 1.165) is 13.2 Å². The van der Waals surface area contributed by atoms with Gasteiger partial charge >= 0.3 is 12.1 Å². The normalized spacial score (nSPS) is 11.1. The van der Waals surface area contributed by atoms with Crippen molar-refractivity contribution in [2.24, 2.45) is 0 Å². The number of esters is 1. The molecule has 0 saturated heterocycles. The molecule has 106 valence electrons. The molecule has 0 heterocycles. The summed E-state index contributed by atoms with van der Waals surface area (Å²) in [6.07, 6.45) is -4.50. The van der Waals surface area contributed by atoms with E-state index in [-0.39, 0.29) is 22.1 Å². The van der Waals surface area contributed by atoms with Crippen molar-refractivity contribution in [1.29, 1.82) is 0 Å². The molecule has 1 aromatic carbocycles. The molecule has 0 aliphatic carbocycles. The maximum absolute atomic E-state index is 12.1. The van der Waals surface area contributed by atoms with Gasteiger partial charge in [0, 0.05) is 0 Å². The van der Waals surface area contributed by atoms with Crippen LogP contribution in [0.15, 0.2) is 12.1 Å². The predicted molar refractivity (Wildman–Crippen MR) is 60.9 cm³/mol. The first kappa shape index (κ1) is 15.4. The number of hydrogen-bond acceptors (Lipinski definition) is 4. The van der Waals surface area contributed by atoms with E-state index in [4.69, 9.17) is 16.3 Å². The second kappa shape index (κ2) is 6.01. The third-order valence-electron chi connectivity index (χ3n) is 2.03. The van der Waals surface area contributed by atoms with E-state index in [2.05, 4.69) is 9.47 Å². The van der Waals surface area contributed by atoms with Crippen LogP contribution in [-0.4, -0.2) is 33.0 Å². The number of benzene rings is 1. The van der Waals surface area contributed by atoms with Crippen LogP contribution in [0, 0.1) is 0 Å². The lowest BCUT2D eigenvalue weighted by Crippen LogP contribution is -2.19. The molecule has 8 heteroatoms. The molecule has 0 aliphatic rings. The first-order valence-electron chi connectivity index (χ1n) is 4.94. The Morgan fingerprint density at radius 3 is 2.42 bits per heavy atom. The van der Waals surface area contributed by atoms with E-state index >= 15 is 0 Å². The third kappa shape index (κ3) is 4.20. The molecule has 0 bridgehead atoms. The first-order chi connectivity index (χ1) is 8.78. The van der Waals surface area contributed by atoms with Gasteiger partial charge in [0.15, 0.2) is 18.1 Å². The summed E-state index contributed by atoms with van der Waals surface area (Å²) in [4.78, 5) is 11.3. The molecule has 0 N–H and O–H groups in total. The van der Waals surface area contributed by atoms with Gasteiger partial charge in [0.05, 0.1) is 24.8 Å². The highest BCUT2D eigenvalue weighted by molar-refractivity contribution is 6.32. The summed E-state index contributed by atoms with van der Waals surface area (Å²) >= 11 is 5.76. The Morgan fingerprint density at radius 2 is 1.95 bits per heavy atom. The molecule has 0 aliphatic heterocycles. The highest BCUT2D eigenvalue weighted by Crippen LogP contribution is 2.37. The van der Waals surface area contributed by atoms with Gasteiger partial charge in [0.1, 0.15) is 0 Å². The van der Waals surface area contributed by atoms with Crippen molar-refractivity contribution in [3.05, 3.63) is 22.7 Å². The fraction of sp³-hybridized carbons (Fsp3) is 0.364. The molecule has 0 spiro atoms. The molecule has 0 atom stereocenters. The minimum atomic E-state index is -4.50. The number of carbonyl (C=O) groups is 1. The lowest BCUT2D eigenvalue weighted by Gasteiger charge is -2.14. The molecular formula is C11H10ClF3O4. The Kier molecular flexibility index (Phi) is 4.88. The number of hydrogen-bond donors (Lipinski definition) is 0. The van der Waals surface area contributed by atoms with Crippen molar-refractivity contribution in [3.63, 3.8) is 0 Å². The van der Waals surface area contributed by atoms with Gasteiger partial charge in [-0.1, -0.05) is 11.6 Å². The lowest BCUT2D eigenvalue weighted by molar-refractivity contribution is -0.153. The quantitative estimate of drug-likeness (QED) is 0.801. The van der Waals surface area contributed by atoms with Gasteiger partial charge in [-0.25, -0.2) is 4.79 Å². The third-order valence-corrected chi connectivity index (χ3v) is 2.31. The molecule has 0 fully saturated rings. The van der Waals surface area contributed by atoms with Crippen LogP contribution in [0.5, 0.6) is 11.5 Å². The fourth-order valence-corrected chi connectivity index (χ4v) is 1.51. The first-order valence-corrected chi connectivity index (χ1v) is 5.31. The van der Waals surface area contributed by atoms with Crippen LogP contribution in [0.1, 0.15) is 10.4 Å². The van der Waals surface area contributed by atoms with Gasteiger partial charge in [0.2, 0.25) is 0 Å². The Hall–Kier alpha value is -1.63. The zero-order valence-corrected chi connectivity index (χ0v) is 10.8. The van der Waals surface area contributed by atoms with Crippen LogP contribution in [0.4, 0.5) is 13.2 Å². The van der Waals surface area contributed by atoms with Gasteiger partial charge in [-0.3, -0.25) is 0 Å². The van der Waals surface area contributed by atoms with E-state index in [9.17, 15) is 18.0 Å². The SMILES string of the molecule is COC(=O)c1cc(Cl)c(OCC(F)(F)F)c(OC)c1. The minimum absolute atomic E-state index is 0.0451. The van der Waals surface area contributed by atoms with E-state index in [1.165, 1.54) is 13.2 Å². The van der Waals surface area contributed by atoms with Gasteiger partial charge in [-0.15, -0.1) is 0 Å². The lowest BCUT2D eigenvalue weighted by atomic mass is 10.2. The highest BCUT2D eigenvalue weighted by Gasteiger charge is 2.30. The van der Waals surface area contributed by atoms with Crippen LogP contribution >= 0.6 is 11.6 Å². The zero-order valence-electron chi connectivity index (χ0n) is 10.0. The van der Waals surface area contributed by atoms with E-state index < -0.39 is 18.8 Å². The van der Waals surface area contributed by atoms with Crippen LogP contribution in [0.3, 0.4) is 0 Å². The minimum Gasteiger partial charge on any atom is -0.493 e. The van der Waals surface area contributed by atoms with Crippen molar-refractivity contribution in [3.8, 4) is 11.5 Å². The molecule has 0 amide bonds. The number of rotatable bonds is 4. The summed E-state index contributed by atoms with van der Waals surface area (Å²) < 4.78 is 50.1. The highest BCUT2D eigenvalue weighted by atomic mass is 35.5. The average Bonchev–Trinajstić information content (AvgIpc) is 2.34. The molecule has 4 nitrogen and oxygen atoms in total. The number of alkyl halides is 3. The smallest absolute Gasteiger partial charge is 0.422 e. The average molecular weight is 299 g/mol. The molecule has 0 unspecified atom stereocenters. The Bertz CT molecular complexity index is 474. The van der Waals surface area contributed by atoms with E-state index in [1.54, 1.807) is 0 Å². The molecule has 0 saturated carbocycles. The van der Waals surface area contributed by atoms with Gasteiger partial charge in [-0.2, -0.15) is 13.2 Å². The predicted octanol–water partition coefficient (Wildman–Crippen LogP) is 3.08. The molecule has 0 aromatic heterocycles. The molecule has 1 aromatic rings. The summed E-state index contributed by atoms with van der Waals surface area (Å²) in [6.45, 7) is -1.51. The summed E-state index contributed by atoms with van der Waals surface area (Å²) in [6, 6.07) is 2.32. The van der Waals surface area contributed by atoms with Gasteiger partial charge in [0.25, 0.3) is 0 Å². The fourth-order valence-electron chi connectivity index (χ4n) is 1.25. The van der Waals surface area contributed by atoms with Crippen molar-refractivity contribution in [2.45, 2.75) is 6.18 Å². The summed E-state index contributed by atoms with van der Waals surface area (Å²) in [7, 11) is 2.38. The van der Waals surface area contributed by atoms with Crippen LogP contribution < -0.4 is 9.47 Å². The zero-order chi connectivity index (χ0) is 14.6. The molecule has 0 radical (unpaired) electrons. The largest absolute Gasteiger partial charge is 0.493 e. The van der Waals surface area contributed by atoms with Crippen molar-refractivity contribution >= 4 is 17.6 Å². The number of carbonyl (C=O) groups excluding carboxylic acids is 1. The van der Waals surface area contributed by atoms with Gasteiger partial charge < -0.3 is 14.2 Å². The van der Waals surface area contributed by atoms with Crippen LogP contribution in [0.25, 0.3) is 0 Å². The van der Waals surface area contributed by atoms with Crippen molar-refractivity contribution in [1.82, 2.24) is 0 Å². The van der Waals surface area contributed by atoms with Crippen LogP contribution in [-0.2, 0) is 4.74 Å². The summed E-state index contributed by atoms with van der Waals surface area (Å²) in [5.74, 6) is -1.06. The Morgan fingerprint density at radius 1 is 1.32 bits per heavy atom. The second-order valence-corrected chi connectivity index (χ2v) is 3.79. The Labute approximate surface area is 112 Å². The molecular weight excluding hydrogens is 289 g/mol. The van der Waals surface area contributed by atoms with Gasteiger partial charge in [-0.05, 0) is 12.1 Å². The number of halogens is 4. The molecule has 19 heavy (non-hydrogen) atoms. The van der Waals surface area contributed by atoms with Crippen LogP contribution in [0.2, 0.25) is 5.02 Å².